The second-order valence-electron chi connectivity index (χ2n) is 3.87. The van der Waals surface area contributed by atoms with Gasteiger partial charge in [0.25, 0.3) is 0 Å². The Labute approximate surface area is 72.7 Å². The number of nitrogens with zero attached hydrogens (tertiary/aromatic N) is 1. The maximum absolute atomic E-state index is 5.15. The largest absolute Gasteiger partial charge is 0.378 e. The van der Waals surface area contributed by atoms with E-state index in [9.17, 15) is 0 Å². The van der Waals surface area contributed by atoms with E-state index in [0.717, 1.165) is 11.5 Å². The molecule has 0 aromatic carbocycles. The monoisotopic (exact) mass is 169 g/mol. The highest BCUT2D eigenvalue weighted by atomic mass is 16.5. The molecule has 0 bridgehead atoms. The standard InChI is InChI=1S/C9H15NO2/c1-9(2,3)8-5-7(6-11-4)10-12-8/h5H,6H2,1-4H3. The zero-order chi connectivity index (χ0) is 9.19. The van der Waals surface area contributed by atoms with Gasteiger partial charge in [0.1, 0.15) is 11.5 Å². The van der Waals surface area contributed by atoms with Crippen LogP contribution in [0.4, 0.5) is 0 Å². The average molecular weight is 169 g/mol. The van der Waals surface area contributed by atoms with Gasteiger partial charge in [0.05, 0.1) is 6.61 Å². The lowest BCUT2D eigenvalue weighted by Crippen LogP contribution is -2.09. The molecule has 0 unspecified atom stereocenters. The number of rotatable bonds is 2. The smallest absolute Gasteiger partial charge is 0.142 e. The molecule has 0 amide bonds. The number of hydrogen-bond donors (Lipinski definition) is 0. The minimum Gasteiger partial charge on any atom is -0.378 e. The van der Waals surface area contributed by atoms with Gasteiger partial charge in [0.15, 0.2) is 0 Å². The molecule has 0 saturated carbocycles. The van der Waals surface area contributed by atoms with Gasteiger partial charge in [-0.2, -0.15) is 0 Å². The van der Waals surface area contributed by atoms with E-state index in [2.05, 4.69) is 25.9 Å². The van der Waals surface area contributed by atoms with Crippen molar-refractivity contribution in [3.05, 3.63) is 17.5 Å². The molecule has 1 heterocycles. The molecule has 0 aliphatic rings. The zero-order valence-corrected chi connectivity index (χ0v) is 8.05. The van der Waals surface area contributed by atoms with Crippen LogP contribution in [0.5, 0.6) is 0 Å². The second-order valence-corrected chi connectivity index (χ2v) is 3.87. The fourth-order valence-electron chi connectivity index (χ4n) is 0.881. The van der Waals surface area contributed by atoms with Crippen molar-refractivity contribution in [1.29, 1.82) is 0 Å². The highest BCUT2D eigenvalue weighted by Crippen LogP contribution is 2.22. The van der Waals surface area contributed by atoms with E-state index in [-0.39, 0.29) is 5.41 Å². The third kappa shape index (κ3) is 2.08. The lowest BCUT2D eigenvalue weighted by molar-refractivity contribution is 0.176. The van der Waals surface area contributed by atoms with Crippen molar-refractivity contribution in [3.63, 3.8) is 0 Å². The minimum absolute atomic E-state index is 0.0268. The summed E-state index contributed by atoms with van der Waals surface area (Å²) in [6.07, 6.45) is 0. The summed E-state index contributed by atoms with van der Waals surface area (Å²) in [4.78, 5) is 0. The number of hydrogen-bond acceptors (Lipinski definition) is 3. The van der Waals surface area contributed by atoms with Crippen molar-refractivity contribution < 1.29 is 9.26 Å². The van der Waals surface area contributed by atoms with E-state index >= 15 is 0 Å². The fraction of sp³-hybridized carbons (Fsp3) is 0.667. The van der Waals surface area contributed by atoms with Crippen LogP contribution in [0.1, 0.15) is 32.2 Å². The van der Waals surface area contributed by atoms with Gasteiger partial charge < -0.3 is 9.26 Å². The van der Waals surface area contributed by atoms with Crippen LogP contribution in [0.2, 0.25) is 0 Å². The summed E-state index contributed by atoms with van der Waals surface area (Å²) in [5.74, 6) is 0.898. The maximum atomic E-state index is 5.15. The highest BCUT2D eigenvalue weighted by molar-refractivity contribution is 5.12. The molecule has 12 heavy (non-hydrogen) atoms. The van der Waals surface area contributed by atoms with E-state index < -0.39 is 0 Å². The molecule has 1 rings (SSSR count). The molecule has 0 fully saturated rings. The van der Waals surface area contributed by atoms with Crippen LogP contribution in [-0.2, 0) is 16.8 Å². The lowest BCUT2D eigenvalue weighted by Gasteiger charge is -2.12. The van der Waals surface area contributed by atoms with Crippen LogP contribution in [-0.4, -0.2) is 12.3 Å². The van der Waals surface area contributed by atoms with Crippen molar-refractivity contribution in [2.45, 2.75) is 32.8 Å². The van der Waals surface area contributed by atoms with Crippen LogP contribution >= 0.6 is 0 Å². The molecule has 0 saturated heterocycles. The Morgan fingerprint density at radius 3 is 2.58 bits per heavy atom. The van der Waals surface area contributed by atoms with E-state index in [4.69, 9.17) is 9.26 Å². The molecule has 3 nitrogen and oxygen atoms in total. The van der Waals surface area contributed by atoms with Crippen LogP contribution in [0.25, 0.3) is 0 Å². The van der Waals surface area contributed by atoms with Gasteiger partial charge in [-0.15, -0.1) is 0 Å². The molecular weight excluding hydrogens is 154 g/mol. The zero-order valence-electron chi connectivity index (χ0n) is 8.05. The third-order valence-corrected chi connectivity index (χ3v) is 1.59. The Morgan fingerprint density at radius 2 is 2.17 bits per heavy atom. The first-order valence-corrected chi connectivity index (χ1v) is 3.99. The van der Waals surface area contributed by atoms with E-state index in [1.807, 2.05) is 6.07 Å². The molecule has 0 aliphatic heterocycles. The lowest BCUT2D eigenvalue weighted by atomic mass is 9.93. The van der Waals surface area contributed by atoms with E-state index in [0.29, 0.717) is 6.61 Å². The second kappa shape index (κ2) is 3.27. The summed E-state index contributed by atoms with van der Waals surface area (Å²) in [5.41, 5.74) is 0.876. The molecule has 0 atom stereocenters. The van der Waals surface area contributed by atoms with Gasteiger partial charge in [0, 0.05) is 18.6 Å². The summed E-state index contributed by atoms with van der Waals surface area (Å²) < 4.78 is 10.1. The molecule has 1 aromatic heterocycles. The minimum atomic E-state index is 0.0268. The third-order valence-electron chi connectivity index (χ3n) is 1.59. The summed E-state index contributed by atoms with van der Waals surface area (Å²) in [5, 5.41) is 3.87. The normalized spacial score (nSPS) is 12.0. The SMILES string of the molecule is COCc1cc(C(C)(C)C)on1. The first kappa shape index (κ1) is 9.26. The van der Waals surface area contributed by atoms with Gasteiger partial charge in [-0.05, 0) is 0 Å². The molecule has 68 valence electrons. The van der Waals surface area contributed by atoms with E-state index in [1.54, 1.807) is 7.11 Å². The first-order valence-electron chi connectivity index (χ1n) is 3.99. The Morgan fingerprint density at radius 1 is 1.50 bits per heavy atom. The van der Waals surface area contributed by atoms with Crippen LogP contribution < -0.4 is 0 Å². The number of aromatic nitrogens is 1. The molecule has 0 aliphatic carbocycles. The summed E-state index contributed by atoms with van der Waals surface area (Å²) in [7, 11) is 1.64. The fourth-order valence-corrected chi connectivity index (χ4v) is 0.881. The Kier molecular flexibility index (Phi) is 2.52. The molecule has 0 N–H and O–H groups in total. The number of methoxy groups -OCH3 is 1. The van der Waals surface area contributed by atoms with E-state index in [1.165, 1.54) is 0 Å². The molecule has 0 radical (unpaired) electrons. The van der Waals surface area contributed by atoms with Gasteiger partial charge in [-0.1, -0.05) is 25.9 Å². The Hall–Kier alpha value is -0.830. The van der Waals surface area contributed by atoms with Gasteiger partial charge in [-0.25, -0.2) is 0 Å². The predicted molar refractivity (Wildman–Crippen MR) is 45.9 cm³/mol. The van der Waals surface area contributed by atoms with Crippen molar-refractivity contribution in [2.24, 2.45) is 0 Å². The van der Waals surface area contributed by atoms with Crippen molar-refractivity contribution in [2.75, 3.05) is 7.11 Å². The van der Waals surface area contributed by atoms with Gasteiger partial charge >= 0.3 is 0 Å². The van der Waals surface area contributed by atoms with Crippen LogP contribution in [0.3, 0.4) is 0 Å². The quantitative estimate of drug-likeness (QED) is 0.680. The van der Waals surface area contributed by atoms with Crippen molar-refractivity contribution in [3.8, 4) is 0 Å². The first-order chi connectivity index (χ1) is 5.54. The molecule has 3 heteroatoms. The summed E-state index contributed by atoms with van der Waals surface area (Å²) in [6, 6.07) is 1.93. The van der Waals surface area contributed by atoms with Gasteiger partial charge in [0.2, 0.25) is 0 Å². The number of ether oxygens (including phenoxy) is 1. The average Bonchev–Trinajstić information content (AvgIpc) is 2.35. The molecule has 0 spiro atoms. The summed E-state index contributed by atoms with van der Waals surface area (Å²) in [6.45, 7) is 6.78. The maximum Gasteiger partial charge on any atom is 0.142 e. The van der Waals surface area contributed by atoms with Crippen LogP contribution in [0.15, 0.2) is 10.6 Å². The van der Waals surface area contributed by atoms with Gasteiger partial charge in [-0.3, -0.25) is 0 Å². The van der Waals surface area contributed by atoms with Crippen molar-refractivity contribution >= 4 is 0 Å². The summed E-state index contributed by atoms with van der Waals surface area (Å²) >= 11 is 0. The highest BCUT2D eigenvalue weighted by Gasteiger charge is 2.19. The van der Waals surface area contributed by atoms with Crippen LogP contribution in [0, 0.1) is 0 Å². The van der Waals surface area contributed by atoms with Crippen molar-refractivity contribution in [1.82, 2.24) is 5.16 Å². The topological polar surface area (TPSA) is 35.3 Å². The molecular formula is C9H15NO2. The Balaban J connectivity index is 2.77. The predicted octanol–water partition coefficient (Wildman–Crippen LogP) is 2.12. The molecule has 1 aromatic rings. The Bertz CT molecular complexity index is 247.